The van der Waals surface area contributed by atoms with Crippen LogP contribution in [0.5, 0.6) is 0 Å². The van der Waals surface area contributed by atoms with Gasteiger partial charge in [0.1, 0.15) is 18.3 Å². The van der Waals surface area contributed by atoms with Crippen LogP contribution in [0.15, 0.2) is 54.6 Å². The standard InChI is InChI=1S/C38H45F2N4O6PS/c1-42(29-17-26(39)18-29)27-8-10-30(41-35(45)33-16-24-15-23(7-12-32(24)52-33)34(40)51(48,49)50)36(46)44-28(19-27)9-11-31(44)37(47)43-21-25(20-38(43)13-14-38)22-5-3-2-4-6-22/h2-7,12,15-16,25-31,34H,8-11,13-14,17-21H2,1H3,(H,41,45)(H2,48,49,50)/t25-,26?,27+,28-,29?,30+,31+,34-/m1/s1. The van der Waals surface area contributed by atoms with Crippen molar-refractivity contribution in [1.29, 1.82) is 0 Å². The Kier molecular flexibility index (Phi) is 9.34. The highest BCUT2D eigenvalue weighted by atomic mass is 32.1. The topological polar surface area (TPSA) is 130 Å². The predicted octanol–water partition coefficient (Wildman–Crippen LogP) is 6.04. The predicted molar refractivity (Wildman–Crippen MR) is 193 cm³/mol. The van der Waals surface area contributed by atoms with E-state index in [0.717, 1.165) is 30.6 Å². The van der Waals surface area contributed by atoms with Gasteiger partial charge in [-0.2, -0.15) is 0 Å². The number of alkyl halides is 2. The molecule has 2 aromatic carbocycles. The number of amides is 3. The molecule has 5 aliphatic rings. The molecule has 3 aliphatic heterocycles. The highest BCUT2D eigenvalue weighted by Gasteiger charge is 2.58. The average Bonchev–Trinajstić information content (AvgIpc) is 3.40. The summed E-state index contributed by atoms with van der Waals surface area (Å²) in [5.41, 5.74) is 0.873. The lowest BCUT2D eigenvalue weighted by Crippen LogP contribution is -2.59. The zero-order chi connectivity index (χ0) is 36.5. The molecule has 1 spiro atoms. The number of likely N-dealkylation sites (tertiary alicyclic amines) is 1. The molecule has 6 atom stereocenters. The Bertz CT molecular complexity index is 1920. The van der Waals surface area contributed by atoms with Gasteiger partial charge in [0.25, 0.3) is 5.91 Å². The van der Waals surface area contributed by atoms with Crippen LogP contribution in [0.1, 0.15) is 96.8 Å². The number of hydrogen-bond donors (Lipinski definition) is 3. The van der Waals surface area contributed by atoms with Crippen LogP contribution < -0.4 is 5.32 Å². The molecule has 278 valence electrons. The SMILES string of the molecule is CN(C1CC(F)C1)[C@H]1CC[C@H](NC(=O)c2cc3cc([C@H](F)P(=O)(O)O)ccc3s2)C(=O)N2[C@H](CC[C@H]2C(=O)N2C[C@H](c3ccccc3)CC23CC3)C1. The Morgan fingerprint density at radius 1 is 1.02 bits per heavy atom. The van der Waals surface area contributed by atoms with Crippen LogP contribution in [0, 0.1) is 0 Å². The molecule has 0 radical (unpaired) electrons. The first-order chi connectivity index (χ1) is 24.8. The molecule has 3 saturated heterocycles. The lowest BCUT2D eigenvalue weighted by atomic mass is 9.86. The maximum absolute atomic E-state index is 14.6. The minimum Gasteiger partial charge on any atom is -0.340 e. The van der Waals surface area contributed by atoms with Crippen LogP contribution in [-0.2, 0) is 14.2 Å². The molecule has 2 saturated carbocycles. The van der Waals surface area contributed by atoms with Crippen molar-refractivity contribution in [3.05, 3.63) is 70.6 Å². The van der Waals surface area contributed by atoms with Gasteiger partial charge in [0.2, 0.25) is 17.7 Å². The molecule has 0 bridgehead atoms. The number of halogens is 2. The summed E-state index contributed by atoms with van der Waals surface area (Å²) in [4.78, 5) is 68.0. The van der Waals surface area contributed by atoms with E-state index >= 15 is 0 Å². The van der Waals surface area contributed by atoms with Crippen molar-refractivity contribution in [2.45, 2.75) is 118 Å². The maximum Gasteiger partial charge on any atom is 0.363 e. The molecule has 2 aliphatic carbocycles. The molecule has 3 aromatic rings. The zero-order valence-electron chi connectivity index (χ0n) is 29.1. The molecule has 5 fully saturated rings. The minimum atomic E-state index is -5.01. The Hall–Kier alpha value is -3.22. The zero-order valence-corrected chi connectivity index (χ0v) is 30.8. The van der Waals surface area contributed by atoms with Crippen molar-refractivity contribution in [2.24, 2.45) is 0 Å². The van der Waals surface area contributed by atoms with E-state index in [1.165, 1.54) is 29.8 Å². The van der Waals surface area contributed by atoms with Gasteiger partial charge in [-0.3, -0.25) is 18.9 Å². The number of carbonyl (C=O) groups excluding carboxylic acids is 3. The van der Waals surface area contributed by atoms with Crippen molar-refractivity contribution in [3.63, 3.8) is 0 Å². The highest BCUT2D eigenvalue weighted by Crippen LogP contribution is 2.55. The molecule has 8 rings (SSSR count). The molecule has 4 heterocycles. The summed E-state index contributed by atoms with van der Waals surface area (Å²) in [7, 11) is -2.99. The number of benzene rings is 2. The Labute approximate surface area is 305 Å². The normalized spacial score (nSPS) is 30.6. The van der Waals surface area contributed by atoms with Gasteiger partial charge in [0.15, 0.2) is 0 Å². The van der Waals surface area contributed by atoms with Crippen LogP contribution in [0.25, 0.3) is 10.1 Å². The highest BCUT2D eigenvalue weighted by molar-refractivity contribution is 7.51. The van der Waals surface area contributed by atoms with E-state index in [9.17, 15) is 37.5 Å². The van der Waals surface area contributed by atoms with Crippen LogP contribution in [0.3, 0.4) is 0 Å². The quantitative estimate of drug-likeness (QED) is 0.239. The smallest absolute Gasteiger partial charge is 0.340 e. The summed E-state index contributed by atoms with van der Waals surface area (Å²) < 4.78 is 40.5. The summed E-state index contributed by atoms with van der Waals surface area (Å²) in [5, 5.41) is 3.43. The van der Waals surface area contributed by atoms with E-state index in [1.54, 1.807) is 4.90 Å². The molecule has 1 aromatic heterocycles. The van der Waals surface area contributed by atoms with Crippen molar-refractivity contribution < 1.29 is 37.5 Å². The number of nitrogens with one attached hydrogen (secondary N) is 1. The second-order valence-corrected chi connectivity index (χ2v) is 18.4. The van der Waals surface area contributed by atoms with E-state index in [4.69, 9.17) is 0 Å². The third kappa shape index (κ3) is 6.61. The molecular formula is C38H45F2N4O6PS. The summed E-state index contributed by atoms with van der Waals surface area (Å²) >= 11 is 1.14. The number of thiophene rings is 1. The van der Waals surface area contributed by atoms with Crippen LogP contribution >= 0.6 is 18.9 Å². The first kappa shape index (κ1) is 35.8. The first-order valence-electron chi connectivity index (χ1n) is 18.4. The van der Waals surface area contributed by atoms with Gasteiger partial charge in [-0.15, -0.1) is 11.3 Å². The van der Waals surface area contributed by atoms with E-state index in [-0.39, 0.29) is 51.8 Å². The van der Waals surface area contributed by atoms with Crippen molar-refractivity contribution in [1.82, 2.24) is 20.0 Å². The number of nitrogens with zero attached hydrogens (tertiary/aromatic N) is 3. The molecule has 10 nitrogen and oxygen atoms in total. The van der Waals surface area contributed by atoms with Gasteiger partial charge >= 0.3 is 7.60 Å². The maximum atomic E-state index is 14.6. The fourth-order valence-corrected chi connectivity index (χ4v) is 10.8. The molecule has 3 amide bonds. The first-order valence-corrected chi connectivity index (χ1v) is 20.9. The Balaban J connectivity index is 1.05. The van der Waals surface area contributed by atoms with Crippen LogP contribution in [0.4, 0.5) is 8.78 Å². The van der Waals surface area contributed by atoms with Crippen LogP contribution in [-0.4, -0.2) is 97.7 Å². The fourth-order valence-electron chi connectivity index (χ4n) is 9.30. The third-order valence-electron chi connectivity index (χ3n) is 12.5. The molecular weight excluding hydrogens is 709 g/mol. The van der Waals surface area contributed by atoms with Gasteiger partial charge in [0, 0.05) is 40.8 Å². The summed E-state index contributed by atoms with van der Waals surface area (Å²) in [6.07, 6.45) is 5.85. The van der Waals surface area contributed by atoms with E-state index in [2.05, 4.69) is 27.2 Å². The third-order valence-corrected chi connectivity index (χ3v) is 14.5. The Morgan fingerprint density at radius 2 is 1.77 bits per heavy atom. The minimum absolute atomic E-state index is 0.0108. The van der Waals surface area contributed by atoms with E-state index in [1.807, 2.05) is 25.2 Å². The van der Waals surface area contributed by atoms with Gasteiger partial charge in [-0.05, 0) is 106 Å². The van der Waals surface area contributed by atoms with Crippen molar-refractivity contribution >= 4 is 46.7 Å². The number of hydrogen-bond acceptors (Lipinski definition) is 6. The number of fused-ring (bicyclic) bond motifs is 2. The number of carbonyl (C=O) groups is 3. The largest absolute Gasteiger partial charge is 0.363 e. The van der Waals surface area contributed by atoms with Gasteiger partial charge in [-0.1, -0.05) is 36.4 Å². The number of rotatable bonds is 8. The summed E-state index contributed by atoms with van der Waals surface area (Å²) in [5.74, 6) is -3.00. The monoisotopic (exact) mass is 754 g/mol. The average molecular weight is 755 g/mol. The van der Waals surface area contributed by atoms with Crippen LogP contribution in [0.2, 0.25) is 0 Å². The molecule has 52 heavy (non-hydrogen) atoms. The van der Waals surface area contributed by atoms with Gasteiger partial charge in [-0.25, -0.2) is 8.78 Å². The second-order valence-electron chi connectivity index (χ2n) is 15.7. The molecule has 3 N–H and O–H groups in total. The second kappa shape index (κ2) is 13.6. The summed E-state index contributed by atoms with van der Waals surface area (Å²) in [6.45, 7) is 0.620. The van der Waals surface area contributed by atoms with Gasteiger partial charge in [0.05, 0.1) is 4.88 Å². The lowest BCUT2D eigenvalue weighted by Gasteiger charge is -2.45. The molecule has 14 heteroatoms. The van der Waals surface area contributed by atoms with Gasteiger partial charge < -0.3 is 29.8 Å². The van der Waals surface area contributed by atoms with E-state index < -0.39 is 37.7 Å². The van der Waals surface area contributed by atoms with Crippen molar-refractivity contribution in [2.75, 3.05) is 13.6 Å². The summed E-state index contributed by atoms with van der Waals surface area (Å²) in [6, 6.07) is 14.4. The Morgan fingerprint density at radius 3 is 2.46 bits per heavy atom. The fraction of sp³-hybridized carbons (Fsp3) is 0.553. The van der Waals surface area contributed by atoms with Crippen molar-refractivity contribution in [3.8, 4) is 0 Å². The van der Waals surface area contributed by atoms with E-state index in [0.29, 0.717) is 61.6 Å². The lowest BCUT2D eigenvalue weighted by molar-refractivity contribution is -0.148. The molecule has 0 unspecified atom stereocenters.